The molecule has 1 saturated heterocycles. The summed E-state index contributed by atoms with van der Waals surface area (Å²) in [5.41, 5.74) is 0. The lowest BCUT2D eigenvalue weighted by atomic mass is 9.85. The number of nitrogens with zero attached hydrogens (tertiary/aromatic N) is 2. The molecule has 0 aromatic rings. The predicted molar refractivity (Wildman–Crippen MR) is 46.7 cm³/mol. The Bertz CT molecular complexity index is 196. The Morgan fingerprint density at radius 1 is 1.45 bits per heavy atom. The number of hydrogen-bond acceptors (Lipinski definition) is 2. The van der Waals surface area contributed by atoms with Crippen molar-refractivity contribution in [2.45, 2.75) is 6.42 Å². The molecular formula is C9H14N2. The summed E-state index contributed by atoms with van der Waals surface area (Å²) < 4.78 is 0. The van der Waals surface area contributed by atoms with Gasteiger partial charge in [0, 0.05) is 24.9 Å². The molecule has 0 amide bonds. The molecule has 2 aliphatic rings. The molecule has 0 aromatic heterocycles. The minimum Gasteiger partial charge on any atom is -0.306 e. The average Bonchev–Trinajstić information content (AvgIpc) is 2.04. The van der Waals surface area contributed by atoms with Crippen LogP contribution in [0.1, 0.15) is 6.42 Å². The van der Waals surface area contributed by atoms with Crippen LogP contribution < -0.4 is 0 Å². The molecule has 0 N–H and O–H groups in total. The second kappa shape index (κ2) is 2.78. The number of fused-ring (bicyclic) bond motifs is 1. The van der Waals surface area contributed by atoms with Gasteiger partial charge < -0.3 is 4.90 Å². The van der Waals surface area contributed by atoms with Crippen LogP contribution in [0.2, 0.25) is 0 Å². The third-order valence-corrected chi connectivity index (χ3v) is 2.61. The van der Waals surface area contributed by atoms with E-state index in [1.807, 2.05) is 6.20 Å². The molecule has 60 valence electrons. The largest absolute Gasteiger partial charge is 0.306 e. The fourth-order valence-electron chi connectivity index (χ4n) is 1.89. The van der Waals surface area contributed by atoms with E-state index < -0.39 is 0 Å². The van der Waals surface area contributed by atoms with Crippen LogP contribution in [0.15, 0.2) is 17.3 Å². The maximum atomic E-state index is 4.16. The SMILES string of the molecule is CN1CCC2C=CN=CC2C1. The topological polar surface area (TPSA) is 15.6 Å². The van der Waals surface area contributed by atoms with Gasteiger partial charge in [-0.05, 0) is 25.9 Å². The number of allylic oxidation sites excluding steroid dienone is 1. The lowest BCUT2D eigenvalue weighted by Gasteiger charge is -2.34. The van der Waals surface area contributed by atoms with E-state index in [2.05, 4.69) is 29.2 Å². The second-order valence-electron chi connectivity index (χ2n) is 3.52. The molecule has 2 heterocycles. The van der Waals surface area contributed by atoms with E-state index in [9.17, 15) is 0 Å². The fourth-order valence-corrected chi connectivity index (χ4v) is 1.89. The summed E-state index contributed by atoms with van der Waals surface area (Å²) >= 11 is 0. The molecule has 2 unspecified atom stereocenters. The number of likely N-dealkylation sites (tertiary alicyclic amines) is 1. The normalized spacial score (nSPS) is 37.2. The van der Waals surface area contributed by atoms with Crippen LogP contribution in [-0.4, -0.2) is 31.3 Å². The van der Waals surface area contributed by atoms with E-state index in [4.69, 9.17) is 0 Å². The van der Waals surface area contributed by atoms with E-state index in [-0.39, 0.29) is 0 Å². The van der Waals surface area contributed by atoms with Crippen molar-refractivity contribution in [2.75, 3.05) is 20.1 Å². The van der Waals surface area contributed by atoms with Crippen LogP contribution in [0.5, 0.6) is 0 Å². The zero-order valence-electron chi connectivity index (χ0n) is 6.90. The highest BCUT2D eigenvalue weighted by molar-refractivity contribution is 5.64. The molecule has 2 rings (SSSR count). The van der Waals surface area contributed by atoms with Crippen molar-refractivity contribution in [1.82, 2.24) is 4.90 Å². The van der Waals surface area contributed by atoms with Crippen molar-refractivity contribution in [3.05, 3.63) is 12.3 Å². The Hall–Kier alpha value is -0.630. The first kappa shape index (κ1) is 7.04. The van der Waals surface area contributed by atoms with E-state index in [1.54, 1.807) is 0 Å². The Morgan fingerprint density at radius 3 is 3.27 bits per heavy atom. The van der Waals surface area contributed by atoms with Gasteiger partial charge in [0.05, 0.1) is 0 Å². The van der Waals surface area contributed by atoms with Gasteiger partial charge in [-0.1, -0.05) is 6.08 Å². The van der Waals surface area contributed by atoms with Crippen molar-refractivity contribution < 1.29 is 0 Å². The number of piperidine rings is 1. The molecule has 2 nitrogen and oxygen atoms in total. The first-order chi connectivity index (χ1) is 5.36. The average molecular weight is 150 g/mol. The van der Waals surface area contributed by atoms with Gasteiger partial charge in [-0.15, -0.1) is 0 Å². The summed E-state index contributed by atoms with van der Waals surface area (Å²) in [6.07, 6.45) is 7.58. The standard InChI is InChI=1S/C9H14N2/c1-11-5-3-8-2-4-10-6-9(8)7-11/h2,4,6,8-9H,3,5,7H2,1H3. The minimum absolute atomic E-state index is 0.679. The summed E-state index contributed by atoms with van der Waals surface area (Å²) in [6, 6.07) is 0. The van der Waals surface area contributed by atoms with Crippen LogP contribution in [0.25, 0.3) is 0 Å². The maximum absolute atomic E-state index is 4.16. The fraction of sp³-hybridized carbons (Fsp3) is 0.667. The van der Waals surface area contributed by atoms with Crippen molar-refractivity contribution in [3.63, 3.8) is 0 Å². The molecule has 0 saturated carbocycles. The quantitative estimate of drug-likeness (QED) is 0.506. The summed E-state index contributed by atoms with van der Waals surface area (Å²) in [5, 5.41) is 0. The van der Waals surface area contributed by atoms with E-state index in [0.29, 0.717) is 5.92 Å². The number of hydrogen-bond donors (Lipinski definition) is 0. The Balaban J connectivity index is 2.07. The lowest BCUT2D eigenvalue weighted by Crippen LogP contribution is -2.38. The smallest absolute Gasteiger partial charge is 0.0227 e. The van der Waals surface area contributed by atoms with Gasteiger partial charge in [0.25, 0.3) is 0 Å². The zero-order valence-corrected chi connectivity index (χ0v) is 6.90. The van der Waals surface area contributed by atoms with Crippen LogP contribution >= 0.6 is 0 Å². The van der Waals surface area contributed by atoms with Gasteiger partial charge in [-0.3, -0.25) is 4.99 Å². The molecule has 0 radical (unpaired) electrons. The van der Waals surface area contributed by atoms with Gasteiger partial charge in [-0.2, -0.15) is 0 Å². The third-order valence-electron chi connectivity index (χ3n) is 2.61. The van der Waals surface area contributed by atoms with Gasteiger partial charge in [0.2, 0.25) is 0 Å². The molecule has 0 aliphatic carbocycles. The van der Waals surface area contributed by atoms with E-state index in [1.165, 1.54) is 19.5 Å². The van der Waals surface area contributed by atoms with E-state index >= 15 is 0 Å². The van der Waals surface area contributed by atoms with Crippen molar-refractivity contribution in [1.29, 1.82) is 0 Å². The first-order valence-electron chi connectivity index (χ1n) is 4.25. The highest BCUT2D eigenvalue weighted by atomic mass is 15.1. The van der Waals surface area contributed by atoms with E-state index in [0.717, 1.165) is 5.92 Å². The molecule has 0 aromatic carbocycles. The number of aliphatic imine (C=N–C) groups is 1. The first-order valence-corrected chi connectivity index (χ1v) is 4.25. The Labute approximate surface area is 67.6 Å². The van der Waals surface area contributed by atoms with Gasteiger partial charge in [0.15, 0.2) is 0 Å². The number of rotatable bonds is 0. The van der Waals surface area contributed by atoms with Gasteiger partial charge in [0.1, 0.15) is 0 Å². The van der Waals surface area contributed by atoms with Crippen LogP contribution in [0.4, 0.5) is 0 Å². The Morgan fingerprint density at radius 2 is 2.36 bits per heavy atom. The van der Waals surface area contributed by atoms with Gasteiger partial charge >= 0.3 is 0 Å². The zero-order chi connectivity index (χ0) is 7.68. The summed E-state index contributed by atoms with van der Waals surface area (Å²) in [7, 11) is 2.18. The molecule has 0 bridgehead atoms. The highest BCUT2D eigenvalue weighted by Crippen LogP contribution is 2.24. The summed E-state index contributed by atoms with van der Waals surface area (Å²) in [5.74, 6) is 1.45. The minimum atomic E-state index is 0.679. The molecular weight excluding hydrogens is 136 g/mol. The molecule has 1 fully saturated rings. The Kier molecular flexibility index (Phi) is 1.78. The molecule has 0 spiro atoms. The van der Waals surface area contributed by atoms with Crippen molar-refractivity contribution in [3.8, 4) is 0 Å². The monoisotopic (exact) mass is 150 g/mol. The van der Waals surface area contributed by atoms with Gasteiger partial charge in [-0.25, -0.2) is 0 Å². The highest BCUT2D eigenvalue weighted by Gasteiger charge is 2.25. The second-order valence-corrected chi connectivity index (χ2v) is 3.52. The lowest BCUT2D eigenvalue weighted by molar-refractivity contribution is 0.210. The van der Waals surface area contributed by atoms with Crippen molar-refractivity contribution >= 4 is 6.21 Å². The predicted octanol–water partition coefficient (Wildman–Crippen LogP) is 1.15. The van der Waals surface area contributed by atoms with Crippen molar-refractivity contribution in [2.24, 2.45) is 16.8 Å². The maximum Gasteiger partial charge on any atom is 0.0227 e. The molecule has 2 heteroatoms. The molecule has 2 aliphatic heterocycles. The third kappa shape index (κ3) is 1.36. The van der Waals surface area contributed by atoms with Crippen LogP contribution in [-0.2, 0) is 0 Å². The molecule has 11 heavy (non-hydrogen) atoms. The summed E-state index contributed by atoms with van der Waals surface area (Å²) in [6.45, 7) is 2.41. The van der Waals surface area contributed by atoms with Crippen LogP contribution in [0.3, 0.4) is 0 Å². The molecule has 2 atom stereocenters. The summed E-state index contributed by atoms with van der Waals surface area (Å²) in [4.78, 5) is 6.54. The van der Waals surface area contributed by atoms with Crippen LogP contribution in [0, 0.1) is 11.8 Å².